The minimum Gasteiger partial charge on any atom is -0.466 e. The first-order chi connectivity index (χ1) is 11.5. The lowest BCUT2D eigenvalue weighted by Crippen LogP contribution is -2.13. The Kier molecular flexibility index (Phi) is 6.02. The van der Waals surface area contributed by atoms with E-state index in [0.717, 1.165) is 0 Å². The number of amides is 2. The van der Waals surface area contributed by atoms with Crippen LogP contribution in [0.25, 0.3) is 0 Å². The molecule has 24 heavy (non-hydrogen) atoms. The van der Waals surface area contributed by atoms with Crippen molar-refractivity contribution in [3.63, 3.8) is 0 Å². The van der Waals surface area contributed by atoms with Gasteiger partial charge in [0.05, 0.1) is 18.7 Å². The van der Waals surface area contributed by atoms with Crippen molar-refractivity contribution in [1.82, 2.24) is 4.98 Å². The molecular weight excluding hydrogens is 330 g/mol. The molecule has 2 rings (SSSR count). The number of hydrogen-bond acceptors (Lipinski definition) is 6. The molecular formula is C16H17N3O4S. The zero-order valence-corrected chi connectivity index (χ0v) is 14.1. The maximum absolute atomic E-state index is 12.2. The van der Waals surface area contributed by atoms with Crippen molar-refractivity contribution in [2.45, 2.75) is 20.3 Å². The van der Waals surface area contributed by atoms with E-state index >= 15 is 0 Å². The number of nitrogens with one attached hydrogen (secondary N) is 2. The van der Waals surface area contributed by atoms with Crippen LogP contribution in [0.5, 0.6) is 0 Å². The highest BCUT2D eigenvalue weighted by Crippen LogP contribution is 2.18. The number of carbonyl (C=O) groups excluding carboxylic acids is 3. The summed E-state index contributed by atoms with van der Waals surface area (Å²) in [7, 11) is 0. The number of hydrogen-bond donors (Lipinski definition) is 2. The number of nitrogens with zero attached hydrogens (tertiary/aromatic N) is 1. The number of benzene rings is 1. The molecule has 0 atom stereocenters. The van der Waals surface area contributed by atoms with E-state index in [4.69, 9.17) is 4.74 Å². The number of rotatable bonds is 6. The highest BCUT2D eigenvalue weighted by Gasteiger charge is 2.12. The molecule has 0 bridgehead atoms. The van der Waals surface area contributed by atoms with Crippen LogP contribution in [0.1, 0.15) is 29.9 Å². The second-order valence-electron chi connectivity index (χ2n) is 4.84. The standard InChI is InChI=1S/C16H17N3O4S/c1-3-23-14(21)8-13-9-24-16(18-13)19-15(22)11-5-4-6-12(7-11)17-10(2)20/h4-7,9H,3,8H2,1-2H3,(H,17,20)(H,18,19,22). The number of carbonyl (C=O) groups is 3. The molecule has 8 heteroatoms. The van der Waals surface area contributed by atoms with Gasteiger partial charge in [0.25, 0.3) is 5.91 Å². The Hall–Kier alpha value is -2.74. The van der Waals surface area contributed by atoms with Crippen LogP contribution in [0.4, 0.5) is 10.8 Å². The summed E-state index contributed by atoms with van der Waals surface area (Å²) < 4.78 is 4.85. The molecule has 1 heterocycles. The molecule has 0 spiro atoms. The van der Waals surface area contributed by atoms with E-state index in [-0.39, 0.29) is 24.2 Å². The molecule has 126 valence electrons. The monoisotopic (exact) mass is 347 g/mol. The van der Waals surface area contributed by atoms with E-state index in [2.05, 4.69) is 15.6 Å². The van der Waals surface area contributed by atoms with Crippen molar-refractivity contribution in [3.05, 3.63) is 40.9 Å². The molecule has 2 amide bonds. The topological polar surface area (TPSA) is 97.4 Å². The predicted octanol–water partition coefficient (Wildman–Crippen LogP) is 2.46. The van der Waals surface area contributed by atoms with E-state index in [9.17, 15) is 14.4 Å². The Morgan fingerprint density at radius 2 is 2.04 bits per heavy atom. The number of anilines is 2. The van der Waals surface area contributed by atoms with Gasteiger partial charge in [-0.1, -0.05) is 6.07 Å². The van der Waals surface area contributed by atoms with Gasteiger partial charge in [-0.15, -0.1) is 11.3 Å². The molecule has 0 saturated carbocycles. The molecule has 2 N–H and O–H groups in total. The van der Waals surface area contributed by atoms with Crippen molar-refractivity contribution >= 4 is 39.9 Å². The zero-order chi connectivity index (χ0) is 17.5. The second-order valence-corrected chi connectivity index (χ2v) is 5.70. The maximum atomic E-state index is 12.2. The van der Waals surface area contributed by atoms with Crippen molar-refractivity contribution in [1.29, 1.82) is 0 Å². The lowest BCUT2D eigenvalue weighted by molar-refractivity contribution is -0.142. The fourth-order valence-corrected chi connectivity index (χ4v) is 2.62. The third-order valence-electron chi connectivity index (χ3n) is 2.85. The van der Waals surface area contributed by atoms with Gasteiger partial charge in [0.15, 0.2) is 5.13 Å². The molecule has 0 fully saturated rings. The van der Waals surface area contributed by atoms with Gasteiger partial charge >= 0.3 is 5.97 Å². The first-order valence-electron chi connectivity index (χ1n) is 7.27. The quantitative estimate of drug-likeness (QED) is 0.782. The van der Waals surface area contributed by atoms with Crippen molar-refractivity contribution < 1.29 is 19.1 Å². The smallest absolute Gasteiger partial charge is 0.311 e. The van der Waals surface area contributed by atoms with Crippen LogP contribution in [0.15, 0.2) is 29.6 Å². The minimum atomic E-state index is -0.358. The van der Waals surface area contributed by atoms with Crippen LogP contribution in [-0.2, 0) is 20.7 Å². The van der Waals surface area contributed by atoms with Gasteiger partial charge in [0.1, 0.15) is 0 Å². The van der Waals surface area contributed by atoms with Gasteiger partial charge in [0.2, 0.25) is 5.91 Å². The number of thiazole rings is 1. The third-order valence-corrected chi connectivity index (χ3v) is 3.65. The van der Waals surface area contributed by atoms with Crippen LogP contribution in [0, 0.1) is 0 Å². The molecule has 2 aromatic rings. The van der Waals surface area contributed by atoms with Crippen LogP contribution in [-0.4, -0.2) is 29.4 Å². The second kappa shape index (κ2) is 8.21. The van der Waals surface area contributed by atoms with Crippen molar-refractivity contribution in [2.24, 2.45) is 0 Å². The molecule has 7 nitrogen and oxygen atoms in total. The molecule has 0 aliphatic rings. The van der Waals surface area contributed by atoms with Crippen LogP contribution >= 0.6 is 11.3 Å². The van der Waals surface area contributed by atoms with E-state index < -0.39 is 0 Å². The van der Waals surface area contributed by atoms with Gasteiger partial charge in [-0.3, -0.25) is 19.7 Å². The average Bonchev–Trinajstić information content (AvgIpc) is 2.94. The van der Waals surface area contributed by atoms with E-state index in [1.54, 1.807) is 36.6 Å². The van der Waals surface area contributed by atoms with Crippen LogP contribution in [0.2, 0.25) is 0 Å². The fourth-order valence-electron chi connectivity index (χ4n) is 1.92. The highest BCUT2D eigenvalue weighted by molar-refractivity contribution is 7.14. The Balaban J connectivity index is 2.01. The largest absolute Gasteiger partial charge is 0.466 e. The van der Waals surface area contributed by atoms with Crippen LogP contribution < -0.4 is 10.6 Å². The Morgan fingerprint density at radius 1 is 1.25 bits per heavy atom. The zero-order valence-electron chi connectivity index (χ0n) is 13.3. The minimum absolute atomic E-state index is 0.0677. The summed E-state index contributed by atoms with van der Waals surface area (Å²) in [5.41, 5.74) is 1.47. The molecule has 0 saturated heterocycles. The number of ether oxygens (including phenoxy) is 1. The third kappa shape index (κ3) is 5.17. The lowest BCUT2D eigenvalue weighted by Gasteiger charge is -2.05. The van der Waals surface area contributed by atoms with Crippen molar-refractivity contribution in [3.8, 4) is 0 Å². The average molecular weight is 347 g/mol. The molecule has 0 radical (unpaired) electrons. The van der Waals surface area contributed by atoms with E-state index in [0.29, 0.717) is 28.7 Å². The first kappa shape index (κ1) is 17.6. The first-order valence-corrected chi connectivity index (χ1v) is 8.15. The molecule has 1 aromatic heterocycles. The molecule has 0 aliphatic heterocycles. The fraction of sp³-hybridized carbons (Fsp3) is 0.250. The highest BCUT2D eigenvalue weighted by atomic mass is 32.1. The summed E-state index contributed by atoms with van der Waals surface area (Å²) in [6.45, 7) is 3.45. The summed E-state index contributed by atoms with van der Waals surface area (Å²) in [4.78, 5) is 38.9. The maximum Gasteiger partial charge on any atom is 0.311 e. The van der Waals surface area contributed by atoms with Gasteiger partial charge in [-0.25, -0.2) is 4.98 Å². The van der Waals surface area contributed by atoms with E-state index in [1.807, 2.05) is 0 Å². The lowest BCUT2D eigenvalue weighted by atomic mass is 10.2. The summed E-state index contributed by atoms with van der Waals surface area (Å²) in [6, 6.07) is 6.57. The number of esters is 1. The Morgan fingerprint density at radius 3 is 2.75 bits per heavy atom. The Bertz CT molecular complexity index is 757. The predicted molar refractivity (Wildman–Crippen MR) is 91.1 cm³/mol. The summed E-state index contributed by atoms with van der Waals surface area (Å²) in [5, 5.41) is 7.37. The normalized spacial score (nSPS) is 10.1. The van der Waals surface area contributed by atoms with E-state index in [1.165, 1.54) is 18.3 Å². The summed E-state index contributed by atoms with van der Waals surface area (Å²) in [6.07, 6.45) is 0.0677. The summed E-state index contributed by atoms with van der Waals surface area (Å²) >= 11 is 1.23. The van der Waals surface area contributed by atoms with Crippen LogP contribution in [0.3, 0.4) is 0 Å². The molecule has 0 unspecified atom stereocenters. The number of aromatic nitrogens is 1. The molecule has 0 aliphatic carbocycles. The SMILES string of the molecule is CCOC(=O)Cc1csc(NC(=O)c2cccc(NC(C)=O)c2)n1. The van der Waals surface area contributed by atoms with Gasteiger partial charge in [0, 0.05) is 23.6 Å². The van der Waals surface area contributed by atoms with Gasteiger partial charge in [-0.2, -0.15) is 0 Å². The molecule has 1 aromatic carbocycles. The van der Waals surface area contributed by atoms with Crippen molar-refractivity contribution in [2.75, 3.05) is 17.2 Å². The van der Waals surface area contributed by atoms with Gasteiger partial charge in [-0.05, 0) is 25.1 Å². The Labute approximate surface area is 143 Å². The van der Waals surface area contributed by atoms with Gasteiger partial charge < -0.3 is 10.1 Å². The summed E-state index contributed by atoms with van der Waals surface area (Å²) in [5.74, 6) is -0.918.